The lowest BCUT2D eigenvalue weighted by Gasteiger charge is -2.12. The number of ether oxygens (including phenoxy) is 1. The van der Waals surface area contributed by atoms with Gasteiger partial charge in [-0.25, -0.2) is 4.98 Å². The molecule has 0 aliphatic rings. The van der Waals surface area contributed by atoms with E-state index in [0.29, 0.717) is 12.8 Å². The van der Waals surface area contributed by atoms with Gasteiger partial charge in [0.15, 0.2) is 5.78 Å². The summed E-state index contributed by atoms with van der Waals surface area (Å²) in [6, 6.07) is 7.97. The molecule has 0 bridgehead atoms. The van der Waals surface area contributed by atoms with E-state index in [0.717, 1.165) is 23.4 Å². The van der Waals surface area contributed by atoms with Crippen molar-refractivity contribution < 1.29 is 9.53 Å². The Labute approximate surface area is 113 Å². The molecule has 0 aliphatic carbocycles. The molecule has 19 heavy (non-hydrogen) atoms. The Kier molecular flexibility index (Phi) is 4.32. The molecule has 1 heterocycles. The van der Waals surface area contributed by atoms with Gasteiger partial charge in [-0.15, -0.1) is 0 Å². The third kappa shape index (κ3) is 2.68. The predicted octanol–water partition coefficient (Wildman–Crippen LogP) is 2.59. The molecule has 4 heteroatoms. The Hall–Kier alpha value is -1.68. The zero-order valence-electron chi connectivity index (χ0n) is 11.7. The maximum absolute atomic E-state index is 12.1. The normalized spacial score (nSPS) is 12.8. The molecule has 0 radical (unpaired) electrons. The highest BCUT2D eigenvalue weighted by atomic mass is 16.5. The van der Waals surface area contributed by atoms with Crippen molar-refractivity contribution in [2.45, 2.75) is 39.3 Å². The number of rotatable bonds is 6. The first-order valence-electron chi connectivity index (χ1n) is 6.70. The molecule has 0 aliphatic heterocycles. The number of para-hydroxylation sites is 2. The van der Waals surface area contributed by atoms with Crippen LogP contribution in [0.5, 0.6) is 0 Å². The van der Waals surface area contributed by atoms with Crippen LogP contribution in [-0.2, 0) is 22.5 Å². The van der Waals surface area contributed by atoms with E-state index in [1.807, 2.05) is 31.2 Å². The van der Waals surface area contributed by atoms with Crippen molar-refractivity contribution in [1.82, 2.24) is 9.55 Å². The van der Waals surface area contributed by atoms with Crippen LogP contribution < -0.4 is 0 Å². The first-order chi connectivity index (χ1) is 9.21. The van der Waals surface area contributed by atoms with Gasteiger partial charge in [0.1, 0.15) is 11.9 Å². The zero-order chi connectivity index (χ0) is 13.8. The number of imidazole rings is 1. The highest BCUT2D eigenvalue weighted by Crippen LogP contribution is 2.17. The van der Waals surface area contributed by atoms with Crippen molar-refractivity contribution >= 4 is 16.8 Å². The van der Waals surface area contributed by atoms with Crippen LogP contribution in [0.4, 0.5) is 0 Å². The van der Waals surface area contributed by atoms with Crippen LogP contribution in [0, 0.1) is 0 Å². The number of methoxy groups -OCH3 is 1. The first-order valence-corrected chi connectivity index (χ1v) is 6.70. The topological polar surface area (TPSA) is 44.1 Å². The second-order valence-corrected chi connectivity index (χ2v) is 4.54. The molecule has 0 saturated heterocycles. The molecule has 0 fully saturated rings. The van der Waals surface area contributed by atoms with E-state index in [1.165, 1.54) is 0 Å². The van der Waals surface area contributed by atoms with Gasteiger partial charge < -0.3 is 9.30 Å². The SMILES string of the molecule is CCC(OC)C(=O)Cc1nc2ccccc2n1CC. The molecule has 1 atom stereocenters. The molecule has 4 nitrogen and oxygen atoms in total. The number of carbonyl (C=O) groups is 1. The number of carbonyl (C=O) groups excluding carboxylic acids is 1. The lowest BCUT2D eigenvalue weighted by Crippen LogP contribution is -2.25. The van der Waals surface area contributed by atoms with Crippen LogP contribution in [0.15, 0.2) is 24.3 Å². The third-order valence-electron chi connectivity index (χ3n) is 3.40. The van der Waals surface area contributed by atoms with Crippen LogP contribution in [0.3, 0.4) is 0 Å². The van der Waals surface area contributed by atoms with Crippen molar-refractivity contribution in [3.05, 3.63) is 30.1 Å². The smallest absolute Gasteiger partial charge is 0.169 e. The number of ketones is 1. The van der Waals surface area contributed by atoms with E-state index in [2.05, 4.69) is 16.5 Å². The largest absolute Gasteiger partial charge is 0.374 e. The molecular formula is C15H20N2O2. The maximum Gasteiger partial charge on any atom is 0.169 e. The van der Waals surface area contributed by atoms with E-state index in [9.17, 15) is 4.79 Å². The summed E-state index contributed by atoms with van der Waals surface area (Å²) in [6.45, 7) is 4.83. The van der Waals surface area contributed by atoms with Crippen molar-refractivity contribution in [2.75, 3.05) is 7.11 Å². The average molecular weight is 260 g/mol. The molecule has 1 aromatic heterocycles. The van der Waals surface area contributed by atoms with E-state index in [1.54, 1.807) is 7.11 Å². The monoisotopic (exact) mass is 260 g/mol. The van der Waals surface area contributed by atoms with Gasteiger partial charge in [-0.2, -0.15) is 0 Å². The van der Waals surface area contributed by atoms with Gasteiger partial charge in [0, 0.05) is 13.7 Å². The van der Waals surface area contributed by atoms with E-state index < -0.39 is 0 Å². The van der Waals surface area contributed by atoms with Gasteiger partial charge >= 0.3 is 0 Å². The van der Waals surface area contributed by atoms with E-state index in [4.69, 9.17) is 4.74 Å². The molecular weight excluding hydrogens is 240 g/mol. The van der Waals surface area contributed by atoms with Crippen molar-refractivity contribution in [3.8, 4) is 0 Å². The summed E-state index contributed by atoms with van der Waals surface area (Å²) in [5, 5.41) is 0. The number of Topliss-reactive ketones (excluding diaryl/α,β-unsaturated/α-hetero) is 1. The average Bonchev–Trinajstić information content (AvgIpc) is 2.77. The van der Waals surface area contributed by atoms with Gasteiger partial charge in [0.25, 0.3) is 0 Å². The number of fused-ring (bicyclic) bond motifs is 1. The van der Waals surface area contributed by atoms with Crippen LogP contribution in [0.1, 0.15) is 26.1 Å². The predicted molar refractivity (Wildman–Crippen MR) is 75.2 cm³/mol. The van der Waals surface area contributed by atoms with Crippen LogP contribution in [0.2, 0.25) is 0 Å². The highest BCUT2D eigenvalue weighted by molar-refractivity contribution is 5.86. The van der Waals surface area contributed by atoms with Gasteiger partial charge in [-0.3, -0.25) is 4.79 Å². The number of hydrogen-bond donors (Lipinski definition) is 0. The molecule has 2 aromatic rings. The van der Waals surface area contributed by atoms with Crippen LogP contribution >= 0.6 is 0 Å². The number of aryl methyl sites for hydroxylation is 1. The molecule has 1 aromatic carbocycles. The molecule has 102 valence electrons. The Balaban J connectivity index is 2.32. The third-order valence-corrected chi connectivity index (χ3v) is 3.40. The molecule has 2 rings (SSSR count). The zero-order valence-corrected chi connectivity index (χ0v) is 11.7. The number of hydrogen-bond acceptors (Lipinski definition) is 3. The Morgan fingerprint density at radius 3 is 2.74 bits per heavy atom. The minimum absolute atomic E-state index is 0.0926. The Morgan fingerprint density at radius 2 is 2.11 bits per heavy atom. The second-order valence-electron chi connectivity index (χ2n) is 4.54. The Bertz CT molecular complexity index is 571. The standard InChI is InChI=1S/C15H20N2O2/c1-4-14(19-3)13(18)10-15-16-11-8-6-7-9-12(11)17(15)5-2/h6-9,14H,4-5,10H2,1-3H3. The molecule has 0 spiro atoms. The van der Waals surface area contributed by atoms with E-state index >= 15 is 0 Å². The molecule has 0 amide bonds. The second kappa shape index (κ2) is 5.97. The Morgan fingerprint density at radius 1 is 1.37 bits per heavy atom. The summed E-state index contributed by atoms with van der Waals surface area (Å²) in [4.78, 5) is 16.7. The van der Waals surface area contributed by atoms with Crippen LogP contribution in [0.25, 0.3) is 11.0 Å². The van der Waals surface area contributed by atoms with Gasteiger partial charge in [-0.05, 0) is 25.5 Å². The molecule has 0 N–H and O–H groups in total. The molecule has 1 unspecified atom stereocenters. The van der Waals surface area contributed by atoms with Crippen molar-refractivity contribution in [1.29, 1.82) is 0 Å². The quantitative estimate of drug-likeness (QED) is 0.802. The fraction of sp³-hybridized carbons (Fsp3) is 0.467. The van der Waals surface area contributed by atoms with Crippen molar-refractivity contribution in [3.63, 3.8) is 0 Å². The van der Waals surface area contributed by atoms with Gasteiger partial charge in [0.2, 0.25) is 0 Å². The lowest BCUT2D eigenvalue weighted by molar-refractivity contribution is -0.128. The summed E-state index contributed by atoms with van der Waals surface area (Å²) in [5.74, 6) is 0.916. The van der Waals surface area contributed by atoms with Gasteiger partial charge in [0.05, 0.1) is 17.5 Å². The minimum Gasteiger partial charge on any atom is -0.374 e. The summed E-state index contributed by atoms with van der Waals surface area (Å²) >= 11 is 0. The number of aromatic nitrogens is 2. The summed E-state index contributed by atoms with van der Waals surface area (Å²) in [5.41, 5.74) is 2.02. The maximum atomic E-state index is 12.1. The fourth-order valence-electron chi connectivity index (χ4n) is 2.41. The number of benzene rings is 1. The van der Waals surface area contributed by atoms with E-state index in [-0.39, 0.29) is 11.9 Å². The minimum atomic E-state index is -0.329. The summed E-state index contributed by atoms with van der Waals surface area (Å²) in [7, 11) is 1.58. The molecule has 0 saturated carbocycles. The van der Waals surface area contributed by atoms with Crippen LogP contribution in [-0.4, -0.2) is 28.5 Å². The summed E-state index contributed by atoms with van der Waals surface area (Å²) < 4.78 is 7.29. The summed E-state index contributed by atoms with van der Waals surface area (Å²) in [6.07, 6.45) is 0.696. The van der Waals surface area contributed by atoms with Gasteiger partial charge in [-0.1, -0.05) is 19.1 Å². The first kappa shape index (κ1) is 13.7. The fourth-order valence-corrected chi connectivity index (χ4v) is 2.41. The lowest BCUT2D eigenvalue weighted by atomic mass is 10.1. The highest BCUT2D eigenvalue weighted by Gasteiger charge is 2.19. The van der Waals surface area contributed by atoms with Crippen molar-refractivity contribution in [2.24, 2.45) is 0 Å². The number of nitrogens with zero attached hydrogens (tertiary/aromatic N) is 2.